The molecule has 0 aliphatic rings. The minimum atomic E-state index is -0.152. The Morgan fingerprint density at radius 2 is 2.15 bits per heavy atom. The lowest BCUT2D eigenvalue weighted by Gasteiger charge is -2.20. The Balaban J connectivity index is 2.23. The summed E-state index contributed by atoms with van der Waals surface area (Å²) in [6.45, 7) is 3.88. The number of nitrogens with zero attached hydrogens (tertiary/aromatic N) is 1. The highest BCUT2D eigenvalue weighted by atomic mass is 16.5. The third-order valence-corrected chi connectivity index (χ3v) is 3.13. The maximum atomic E-state index is 12.4. The van der Waals surface area contributed by atoms with E-state index in [1.807, 2.05) is 25.1 Å². The van der Waals surface area contributed by atoms with E-state index in [0.29, 0.717) is 32.0 Å². The number of fused-ring (bicyclic) bond motifs is 1. The molecule has 20 heavy (non-hydrogen) atoms. The van der Waals surface area contributed by atoms with Crippen LogP contribution in [0.2, 0.25) is 0 Å². The summed E-state index contributed by atoms with van der Waals surface area (Å²) in [5.41, 5.74) is 7.40. The number of furan rings is 1. The van der Waals surface area contributed by atoms with Crippen LogP contribution in [0.3, 0.4) is 0 Å². The second-order valence-corrected chi connectivity index (χ2v) is 4.73. The van der Waals surface area contributed by atoms with Crippen LogP contribution in [-0.2, 0) is 4.74 Å². The van der Waals surface area contributed by atoms with Gasteiger partial charge in [0.2, 0.25) is 0 Å². The molecule has 1 heterocycles. The summed E-state index contributed by atoms with van der Waals surface area (Å²) in [6.07, 6.45) is 0. The van der Waals surface area contributed by atoms with Crippen molar-refractivity contribution in [3.05, 3.63) is 35.6 Å². The summed E-state index contributed by atoms with van der Waals surface area (Å²) in [5, 5.41) is 0.938. The van der Waals surface area contributed by atoms with Gasteiger partial charge in [0.1, 0.15) is 5.58 Å². The van der Waals surface area contributed by atoms with E-state index in [-0.39, 0.29) is 5.91 Å². The monoisotopic (exact) mass is 276 g/mol. The van der Waals surface area contributed by atoms with Crippen molar-refractivity contribution in [3.63, 3.8) is 0 Å². The van der Waals surface area contributed by atoms with Crippen molar-refractivity contribution in [1.29, 1.82) is 0 Å². The molecular weight excluding hydrogens is 256 g/mol. The lowest BCUT2D eigenvalue weighted by molar-refractivity contribution is 0.0673. The number of benzene rings is 1. The smallest absolute Gasteiger partial charge is 0.289 e. The summed E-state index contributed by atoms with van der Waals surface area (Å²) < 4.78 is 10.6. The van der Waals surface area contributed by atoms with Crippen LogP contribution < -0.4 is 5.73 Å². The van der Waals surface area contributed by atoms with Gasteiger partial charge >= 0.3 is 0 Å². The average molecular weight is 276 g/mol. The Labute approximate surface area is 118 Å². The molecule has 0 atom stereocenters. The van der Waals surface area contributed by atoms with Crippen LogP contribution in [0.5, 0.6) is 0 Å². The highest BCUT2D eigenvalue weighted by Crippen LogP contribution is 2.21. The molecule has 2 N–H and O–H groups in total. The number of carbonyl (C=O) groups is 1. The number of amides is 1. The van der Waals surface area contributed by atoms with Crippen molar-refractivity contribution in [2.75, 3.05) is 33.4 Å². The largest absolute Gasteiger partial charge is 0.451 e. The summed E-state index contributed by atoms with van der Waals surface area (Å²) in [5.74, 6) is 0.191. The van der Waals surface area contributed by atoms with Gasteiger partial charge in [0.15, 0.2) is 5.76 Å². The maximum absolute atomic E-state index is 12.4. The van der Waals surface area contributed by atoms with Gasteiger partial charge in [-0.25, -0.2) is 0 Å². The number of rotatable bonds is 6. The molecule has 0 radical (unpaired) electrons. The van der Waals surface area contributed by atoms with Crippen LogP contribution in [0.1, 0.15) is 16.1 Å². The Morgan fingerprint density at radius 1 is 1.35 bits per heavy atom. The van der Waals surface area contributed by atoms with Gasteiger partial charge in [-0.15, -0.1) is 0 Å². The first-order chi connectivity index (χ1) is 9.65. The Kier molecular flexibility index (Phi) is 4.76. The molecule has 0 spiro atoms. The van der Waals surface area contributed by atoms with Crippen LogP contribution in [0.4, 0.5) is 0 Å². The maximum Gasteiger partial charge on any atom is 0.289 e. The van der Waals surface area contributed by atoms with Crippen molar-refractivity contribution in [2.24, 2.45) is 5.73 Å². The second kappa shape index (κ2) is 6.54. The van der Waals surface area contributed by atoms with Crippen LogP contribution in [0.15, 0.2) is 28.7 Å². The molecule has 1 amide bonds. The minimum absolute atomic E-state index is 0.152. The lowest BCUT2D eigenvalue weighted by Crippen LogP contribution is -2.37. The molecule has 0 saturated carbocycles. The van der Waals surface area contributed by atoms with Crippen LogP contribution >= 0.6 is 0 Å². The molecule has 2 aromatic rings. The van der Waals surface area contributed by atoms with Gasteiger partial charge < -0.3 is 19.8 Å². The zero-order valence-corrected chi connectivity index (χ0v) is 11.9. The van der Waals surface area contributed by atoms with E-state index in [1.165, 1.54) is 0 Å². The number of nitrogens with two attached hydrogens (primary N) is 1. The first-order valence-electron chi connectivity index (χ1n) is 6.64. The molecule has 0 aliphatic heterocycles. The fourth-order valence-corrected chi connectivity index (χ4v) is 2.10. The molecule has 108 valence electrons. The van der Waals surface area contributed by atoms with Gasteiger partial charge in [-0.1, -0.05) is 11.6 Å². The van der Waals surface area contributed by atoms with Gasteiger partial charge in [0.05, 0.1) is 6.61 Å². The highest BCUT2D eigenvalue weighted by molar-refractivity contribution is 5.96. The van der Waals surface area contributed by atoms with Crippen LogP contribution in [0.25, 0.3) is 11.0 Å². The van der Waals surface area contributed by atoms with E-state index in [1.54, 1.807) is 18.1 Å². The van der Waals surface area contributed by atoms with Gasteiger partial charge in [-0.3, -0.25) is 4.79 Å². The molecule has 0 saturated heterocycles. The van der Waals surface area contributed by atoms with E-state index in [4.69, 9.17) is 14.9 Å². The minimum Gasteiger partial charge on any atom is -0.451 e. The third kappa shape index (κ3) is 3.18. The molecular formula is C15H20N2O3. The number of methoxy groups -OCH3 is 1. The first kappa shape index (κ1) is 14.6. The number of aryl methyl sites for hydroxylation is 1. The second-order valence-electron chi connectivity index (χ2n) is 4.73. The summed E-state index contributed by atoms with van der Waals surface area (Å²) in [6, 6.07) is 7.62. The number of carbonyl (C=O) groups excluding carboxylic acids is 1. The molecule has 1 aromatic carbocycles. The number of ether oxygens (including phenoxy) is 1. The standard InChI is InChI=1S/C15H20N2O3/c1-11-3-4-13-12(9-11)10-14(20-13)15(18)17(6-5-16)7-8-19-2/h3-4,9-10H,5-8,16H2,1-2H3. The molecule has 1 aromatic heterocycles. The third-order valence-electron chi connectivity index (χ3n) is 3.13. The van der Waals surface area contributed by atoms with Crippen molar-refractivity contribution >= 4 is 16.9 Å². The van der Waals surface area contributed by atoms with Crippen molar-refractivity contribution in [3.8, 4) is 0 Å². The van der Waals surface area contributed by atoms with Crippen molar-refractivity contribution < 1.29 is 13.9 Å². The SMILES string of the molecule is COCCN(CCN)C(=O)c1cc2cc(C)ccc2o1. The van der Waals surface area contributed by atoms with E-state index >= 15 is 0 Å². The average Bonchev–Trinajstić information content (AvgIpc) is 2.85. The van der Waals surface area contributed by atoms with Crippen LogP contribution in [-0.4, -0.2) is 44.2 Å². The number of hydrogen-bond acceptors (Lipinski definition) is 4. The summed E-state index contributed by atoms with van der Waals surface area (Å²) >= 11 is 0. The van der Waals surface area contributed by atoms with Gasteiger partial charge in [0.25, 0.3) is 5.91 Å². The Hall–Kier alpha value is -1.85. The van der Waals surface area contributed by atoms with Crippen LogP contribution in [0, 0.1) is 6.92 Å². The van der Waals surface area contributed by atoms with E-state index in [9.17, 15) is 4.79 Å². The molecule has 2 rings (SSSR count). The lowest BCUT2D eigenvalue weighted by atomic mass is 10.2. The molecule has 5 nitrogen and oxygen atoms in total. The topological polar surface area (TPSA) is 68.7 Å². The highest BCUT2D eigenvalue weighted by Gasteiger charge is 2.19. The molecule has 0 aliphatic carbocycles. The van der Waals surface area contributed by atoms with Crippen molar-refractivity contribution in [2.45, 2.75) is 6.92 Å². The normalized spacial score (nSPS) is 10.9. The predicted octanol–water partition coefficient (Wildman–Crippen LogP) is 1.79. The van der Waals surface area contributed by atoms with E-state index < -0.39 is 0 Å². The quantitative estimate of drug-likeness (QED) is 0.873. The van der Waals surface area contributed by atoms with E-state index in [2.05, 4.69) is 0 Å². The van der Waals surface area contributed by atoms with Gasteiger partial charge in [-0.2, -0.15) is 0 Å². The summed E-state index contributed by atoms with van der Waals surface area (Å²) in [4.78, 5) is 14.1. The first-order valence-corrected chi connectivity index (χ1v) is 6.64. The number of hydrogen-bond donors (Lipinski definition) is 1. The van der Waals surface area contributed by atoms with Gasteiger partial charge in [-0.05, 0) is 25.1 Å². The zero-order chi connectivity index (χ0) is 14.5. The van der Waals surface area contributed by atoms with E-state index in [0.717, 1.165) is 16.5 Å². The Bertz CT molecular complexity index is 592. The predicted molar refractivity (Wildman–Crippen MR) is 77.8 cm³/mol. The zero-order valence-electron chi connectivity index (χ0n) is 11.9. The van der Waals surface area contributed by atoms with Crippen molar-refractivity contribution in [1.82, 2.24) is 4.90 Å². The Morgan fingerprint density at radius 3 is 2.85 bits per heavy atom. The molecule has 0 unspecified atom stereocenters. The summed E-state index contributed by atoms with van der Waals surface area (Å²) in [7, 11) is 1.61. The fourth-order valence-electron chi connectivity index (χ4n) is 2.10. The fraction of sp³-hybridized carbons (Fsp3) is 0.400. The molecule has 0 fully saturated rings. The van der Waals surface area contributed by atoms with Gasteiger partial charge in [0, 0.05) is 32.1 Å². The molecule has 5 heteroatoms. The molecule has 0 bridgehead atoms.